The van der Waals surface area contributed by atoms with Crippen molar-refractivity contribution in [3.05, 3.63) is 77.3 Å². The zero-order valence-electron chi connectivity index (χ0n) is 15.0. The summed E-state index contributed by atoms with van der Waals surface area (Å²) in [7, 11) is 0. The molecule has 0 spiro atoms. The van der Waals surface area contributed by atoms with Gasteiger partial charge < -0.3 is 15.3 Å². The van der Waals surface area contributed by atoms with E-state index in [4.69, 9.17) is 12.2 Å². The molecule has 0 saturated heterocycles. The Labute approximate surface area is 166 Å². The van der Waals surface area contributed by atoms with Crippen LogP contribution in [0.15, 0.2) is 72.1 Å². The van der Waals surface area contributed by atoms with Crippen LogP contribution in [0.5, 0.6) is 0 Å². The zero-order valence-corrected chi connectivity index (χ0v) is 15.8. The predicted molar refractivity (Wildman–Crippen MR) is 116 cm³/mol. The summed E-state index contributed by atoms with van der Waals surface area (Å²) in [5, 5.41) is 11.4. The van der Waals surface area contributed by atoms with Gasteiger partial charge in [-0.2, -0.15) is 10.2 Å². The Hall–Kier alpha value is -3.65. The second-order valence-electron chi connectivity index (χ2n) is 6.11. The lowest BCUT2D eigenvalue weighted by Crippen LogP contribution is -2.07. The molecule has 0 fully saturated rings. The first-order valence-electron chi connectivity index (χ1n) is 8.71. The van der Waals surface area contributed by atoms with E-state index in [1.54, 1.807) is 6.20 Å². The van der Waals surface area contributed by atoms with Crippen molar-refractivity contribution in [3.8, 4) is 5.69 Å². The molecule has 0 aliphatic rings. The van der Waals surface area contributed by atoms with E-state index in [2.05, 4.69) is 37.6 Å². The average Bonchev–Trinajstić information content (AvgIpc) is 3.36. The van der Waals surface area contributed by atoms with Gasteiger partial charge in [-0.15, -0.1) is 0 Å². The molecule has 0 radical (unpaired) electrons. The van der Waals surface area contributed by atoms with Gasteiger partial charge in [0, 0.05) is 31.3 Å². The number of hydrogen-bond acceptors (Lipinski definition) is 5. The molecule has 140 valence electrons. The van der Waals surface area contributed by atoms with Gasteiger partial charge in [0.2, 0.25) is 0 Å². The van der Waals surface area contributed by atoms with Gasteiger partial charge >= 0.3 is 0 Å². The van der Waals surface area contributed by atoms with Gasteiger partial charge in [-0.25, -0.2) is 4.68 Å². The molecule has 4 aromatic rings. The van der Waals surface area contributed by atoms with Crippen molar-refractivity contribution in [2.24, 2.45) is 5.10 Å². The number of aromatic amines is 2. The fourth-order valence-corrected chi connectivity index (χ4v) is 3.16. The largest absolute Gasteiger partial charge is 0.381 e. The Morgan fingerprint density at radius 1 is 1.18 bits per heavy atom. The topological polar surface area (TPSA) is 85.8 Å². The average molecular weight is 389 g/mol. The molecular weight excluding hydrogens is 370 g/mol. The van der Waals surface area contributed by atoms with Crippen LogP contribution in [-0.4, -0.2) is 33.0 Å². The number of imidazole rings is 1. The first kappa shape index (κ1) is 17.7. The van der Waals surface area contributed by atoms with E-state index in [9.17, 15) is 0 Å². The summed E-state index contributed by atoms with van der Waals surface area (Å²) in [5.74, 6) is 0. The molecule has 2 heterocycles. The number of benzene rings is 2. The molecule has 0 saturated carbocycles. The van der Waals surface area contributed by atoms with Crippen molar-refractivity contribution >= 4 is 41.4 Å². The van der Waals surface area contributed by atoms with Crippen molar-refractivity contribution in [3.63, 3.8) is 0 Å². The van der Waals surface area contributed by atoms with Crippen LogP contribution in [0.25, 0.3) is 22.4 Å². The molecule has 4 rings (SSSR count). The highest BCUT2D eigenvalue weighted by molar-refractivity contribution is 7.71. The minimum Gasteiger partial charge on any atom is -0.381 e. The zero-order chi connectivity index (χ0) is 19.3. The molecule has 8 heteroatoms. The molecule has 7 nitrogen and oxygen atoms in total. The highest BCUT2D eigenvalue weighted by atomic mass is 32.1. The van der Waals surface area contributed by atoms with Crippen LogP contribution in [0.1, 0.15) is 5.56 Å². The van der Waals surface area contributed by atoms with Crippen molar-refractivity contribution in [1.82, 2.24) is 25.2 Å². The second-order valence-corrected chi connectivity index (χ2v) is 6.51. The Balaban J connectivity index is 1.49. The van der Waals surface area contributed by atoms with Crippen LogP contribution in [0, 0.1) is 4.77 Å². The van der Waals surface area contributed by atoms with E-state index < -0.39 is 0 Å². The number of fused-ring (bicyclic) bond motifs is 1. The third-order valence-corrected chi connectivity index (χ3v) is 4.48. The third kappa shape index (κ3) is 3.86. The summed E-state index contributed by atoms with van der Waals surface area (Å²) in [4.78, 5) is 6.22. The standard InChI is InChI=1S/C20H19N7S/c1-21-26-17(14-3-6-16(7-4-14)27-12-2-10-23-27)9-11-22-15-5-8-18-19(13-15)25-20(28)24-18/h2-10,12-13,22,26H,1,11H2,(H2,24,25,28)/b17-9-. The quantitative estimate of drug-likeness (QED) is 0.218. The van der Waals surface area contributed by atoms with E-state index in [1.165, 1.54) is 0 Å². The van der Waals surface area contributed by atoms with Crippen LogP contribution < -0.4 is 10.7 Å². The maximum atomic E-state index is 5.13. The van der Waals surface area contributed by atoms with Crippen LogP contribution in [-0.2, 0) is 0 Å². The Bertz CT molecular complexity index is 1170. The van der Waals surface area contributed by atoms with Crippen LogP contribution in [0.4, 0.5) is 5.69 Å². The number of rotatable bonds is 7. The highest BCUT2D eigenvalue weighted by Crippen LogP contribution is 2.18. The number of anilines is 1. The molecule has 2 aromatic carbocycles. The fourth-order valence-electron chi connectivity index (χ4n) is 2.94. The summed E-state index contributed by atoms with van der Waals surface area (Å²) in [6, 6.07) is 16.0. The monoisotopic (exact) mass is 389 g/mol. The predicted octanol–water partition coefficient (Wildman–Crippen LogP) is 4.07. The molecular formula is C20H19N7S. The van der Waals surface area contributed by atoms with Crippen LogP contribution in [0.2, 0.25) is 0 Å². The molecule has 0 bridgehead atoms. The van der Waals surface area contributed by atoms with E-state index in [0.717, 1.165) is 33.7 Å². The van der Waals surface area contributed by atoms with Gasteiger partial charge in [-0.05, 0) is 60.3 Å². The van der Waals surface area contributed by atoms with E-state index in [1.807, 2.05) is 65.5 Å². The van der Waals surface area contributed by atoms with E-state index in [-0.39, 0.29) is 0 Å². The molecule has 0 amide bonds. The van der Waals surface area contributed by atoms with Gasteiger partial charge in [0.15, 0.2) is 4.77 Å². The number of nitrogens with one attached hydrogen (secondary N) is 4. The molecule has 0 aliphatic heterocycles. The summed E-state index contributed by atoms with van der Waals surface area (Å²) >= 11 is 5.13. The lowest BCUT2D eigenvalue weighted by atomic mass is 10.1. The summed E-state index contributed by atoms with van der Waals surface area (Å²) in [6.45, 7) is 4.15. The molecule has 28 heavy (non-hydrogen) atoms. The van der Waals surface area contributed by atoms with Crippen molar-refractivity contribution in [2.45, 2.75) is 0 Å². The highest BCUT2D eigenvalue weighted by Gasteiger charge is 2.03. The normalized spacial score (nSPS) is 11.5. The molecule has 0 aliphatic carbocycles. The third-order valence-electron chi connectivity index (χ3n) is 4.28. The first-order valence-corrected chi connectivity index (χ1v) is 9.12. The van der Waals surface area contributed by atoms with Gasteiger partial charge in [-0.1, -0.05) is 12.1 Å². The summed E-state index contributed by atoms with van der Waals surface area (Å²) in [6.07, 6.45) is 5.69. The van der Waals surface area contributed by atoms with Crippen LogP contribution >= 0.6 is 12.2 Å². The maximum absolute atomic E-state index is 5.13. The SMILES string of the molecule is C=NN/C(=C\CNc1ccc2[nH]c(=S)[nH]c2c1)c1ccc(-n2cccn2)cc1. The van der Waals surface area contributed by atoms with Crippen molar-refractivity contribution < 1.29 is 0 Å². The van der Waals surface area contributed by atoms with Gasteiger partial charge in [0.1, 0.15) is 0 Å². The minimum atomic E-state index is 0.620. The number of hydrogen-bond donors (Lipinski definition) is 4. The van der Waals surface area contributed by atoms with Gasteiger partial charge in [-0.3, -0.25) is 5.43 Å². The molecule has 2 aromatic heterocycles. The maximum Gasteiger partial charge on any atom is 0.175 e. The Morgan fingerprint density at radius 3 is 2.75 bits per heavy atom. The van der Waals surface area contributed by atoms with Crippen molar-refractivity contribution in [2.75, 3.05) is 11.9 Å². The molecule has 4 N–H and O–H groups in total. The second kappa shape index (κ2) is 7.93. The number of H-pyrrole nitrogens is 2. The van der Waals surface area contributed by atoms with Crippen LogP contribution in [0.3, 0.4) is 0 Å². The van der Waals surface area contributed by atoms with Gasteiger partial charge in [0.05, 0.1) is 22.4 Å². The lowest BCUT2D eigenvalue weighted by Gasteiger charge is -2.10. The molecule has 0 unspecified atom stereocenters. The fraction of sp³-hybridized carbons (Fsp3) is 0.0500. The molecule has 0 atom stereocenters. The van der Waals surface area contributed by atoms with Gasteiger partial charge in [0.25, 0.3) is 0 Å². The minimum absolute atomic E-state index is 0.620. The van der Waals surface area contributed by atoms with E-state index >= 15 is 0 Å². The number of aromatic nitrogens is 4. The van der Waals surface area contributed by atoms with Crippen molar-refractivity contribution in [1.29, 1.82) is 0 Å². The Morgan fingerprint density at radius 2 is 2.00 bits per heavy atom. The van der Waals surface area contributed by atoms with E-state index in [0.29, 0.717) is 11.3 Å². The lowest BCUT2D eigenvalue weighted by molar-refractivity contribution is 0.880. The smallest absolute Gasteiger partial charge is 0.175 e. The number of hydrazone groups is 1. The Kier molecular flexibility index (Phi) is 5.03. The number of nitrogens with zero attached hydrogens (tertiary/aromatic N) is 3. The first-order chi connectivity index (χ1) is 13.7. The summed E-state index contributed by atoms with van der Waals surface area (Å²) in [5.41, 5.74) is 8.79. The summed E-state index contributed by atoms with van der Waals surface area (Å²) < 4.78 is 2.44.